The number of aromatic nitrogens is 2. The molecule has 1 aromatic rings. The Morgan fingerprint density at radius 1 is 1.53 bits per heavy atom. The van der Waals surface area contributed by atoms with Crippen LogP contribution in [0.4, 0.5) is 5.82 Å². The second-order valence-corrected chi connectivity index (χ2v) is 4.36. The van der Waals surface area contributed by atoms with Crippen molar-refractivity contribution in [1.29, 1.82) is 0 Å². The van der Waals surface area contributed by atoms with Gasteiger partial charge in [-0.1, -0.05) is 0 Å². The lowest BCUT2D eigenvalue weighted by Gasteiger charge is -2.18. The van der Waals surface area contributed by atoms with E-state index in [1.807, 2.05) is 6.92 Å². The lowest BCUT2D eigenvalue weighted by molar-refractivity contribution is -0.117. The van der Waals surface area contributed by atoms with E-state index < -0.39 is 0 Å². The third-order valence-corrected chi connectivity index (χ3v) is 2.89. The zero-order valence-corrected chi connectivity index (χ0v) is 10.1. The quantitative estimate of drug-likeness (QED) is 0.689. The summed E-state index contributed by atoms with van der Waals surface area (Å²) in [4.78, 5) is 14.0. The molecule has 0 radical (unpaired) electrons. The molecule has 2 rings (SSSR count). The van der Waals surface area contributed by atoms with Gasteiger partial charge in [0.05, 0.1) is 12.7 Å². The summed E-state index contributed by atoms with van der Waals surface area (Å²) >= 11 is 0. The molecular weight excluding hydrogens is 218 g/mol. The van der Waals surface area contributed by atoms with E-state index in [0.717, 1.165) is 38.2 Å². The number of aromatic amines is 1. The van der Waals surface area contributed by atoms with Gasteiger partial charge in [0, 0.05) is 18.7 Å². The lowest BCUT2D eigenvalue weighted by Crippen LogP contribution is -2.35. The van der Waals surface area contributed by atoms with E-state index in [-0.39, 0.29) is 5.91 Å². The zero-order valence-electron chi connectivity index (χ0n) is 10.1. The molecule has 6 nitrogen and oxygen atoms in total. The van der Waals surface area contributed by atoms with Crippen LogP contribution in [0.3, 0.4) is 0 Å². The molecule has 2 heterocycles. The molecule has 0 aliphatic carbocycles. The van der Waals surface area contributed by atoms with Crippen LogP contribution in [0.1, 0.15) is 12.0 Å². The van der Waals surface area contributed by atoms with Gasteiger partial charge in [0.15, 0.2) is 0 Å². The van der Waals surface area contributed by atoms with Crippen LogP contribution < -0.4 is 10.6 Å². The van der Waals surface area contributed by atoms with E-state index in [0.29, 0.717) is 12.4 Å². The third kappa shape index (κ3) is 3.54. The van der Waals surface area contributed by atoms with Crippen LogP contribution in [0.25, 0.3) is 0 Å². The Hall–Kier alpha value is -1.40. The molecule has 0 saturated carbocycles. The Morgan fingerprint density at radius 2 is 2.41 bits per heavy atom. The predicted octanol–water partition coefficient (Wildman–Crippen LogP) is -0.0481. The van der Waals surface area contributed by atoms with Crippen molar-refractivity contribution in [2.45, 2.75) is 13.3 Å². The van der Waals surface area contributed by atoms with E-state index in [1.54, 1.807) is 6.20 Å². The summed E-state index contributed by atoms with van der Waals surface area (Å²) in [5, 5.41) is 12.8. The van der Waals surface area contributed by atoms with Gasteiger partial charge >= 0.3 is 0 Å². The summed E-state index contributed by atoms with van der Waals surface area (Å²) in [7, 11) is 0. The van der Waals surface area contributed by atoms with Gasteiger partial charge < -0.3 is 10.6 Å². The minimum Gasteiger partial charge on any atom is -0.315 e. The molecule has 94 valence electrons. The van der Waals surface area contributed by atoms with Crippen LogP contribution in [-0.4, -0.2) is 53.7 Å². The average Bonchev–Trinajstić information content (AvgIpc) is 2.55. The Bertz CT molecular complexity index is 368. The molecule has 0 unspecified atom stereocenters. The fourth-order valence-electron chi connectivity index (χ4n) is 1.91. The minimum atomic E-state index is 0.0132. The van der Waals surface area contributed by atoms with Gasteiger partial charge in [0.2, 0.25) is 5.91 Å². The highest BCUT2D eigenvalue weighted by Gasteiger charge is 2.13. The van der Waals surface area contributed by atoms with Crippen molar-refractivity contribution < 1.29 is 4.79 Å². The molecular formula is C11H19N5O. The fraction of sp³-hybridized carbons (Fsp3) is 0.636. The number of hydrogen-bond donors (Lipinski definition) is 3. The van der Waals surface area contributed by atoms with Crippen LogP contribution in [0.5, 0.6) is 0 Å². The van der Waals surface area contributed by atoms with Crippen LogP contribution in [0, 0.1) is 6.92 Å². The Labute approximate surface area is 101 Å². The third-order valence-electron chi connectivity index (χ3n) is 2.89. The predicted molar refractivity (Wildman–Crippen MR) is 65.9 cm³/mol. The molecule has 1 saturated heterocycles. The van der Waals surface area contributed by atoms with Gasteiger partial charge in [-0.2, -0.15) is 5.10 Å². The molecule has 17 heavy (non-hydrogen) atoms. The number of nitrogens with one attached hydrogen (secondary N) is 3. The molecule has 3 N–H and O–H groups in total. The van der Waals surface area contributed by atoms with Crippen molar-refractivity contribution in [3.63, 3.8) is 0 Å². The first-order chi connectivity index (χ1) is 8.25. The van der Waals surface area contributed by atoms with Crippen molar-refractivity contribution in [1.82, 2.24) is 20.4 Å². The van der Waals surface area contributed by atoms with Crippen LogP contribution >= 0.6 is 0 Å². The Balaban J connectivity index is 1.82. The maximum Gasteiger partial charge on any atom is 0.239 e. The molecule has 1 aliphatic heterocycles. The van der Waals surface area contributed by atoms with E-state index in [4.69, 9.17) is 0 Å². The van der Waals surface area contributed by atoms with E-state index in [9.17, 15) is 4.79 Å². The number of hydrogen-bond acceptors (Lipinski definition) is 4. The first-order valence-corrected chi connectivity index (χ1v) is 5.98. The molecule has 0 atom stereocenters. The van der Waals surface area contributed by atoms with Crippen molar-refractivity contribution in [3.8, 4) is 0 Å². The molecule has 6 heteroatoms. The summed E-state index contributed by atoms with van der Waals surface area (Å²) in [6.45, 7) is 6.25. The molecule has 1 amide bonds. The smallest absolute Gasteiger partial charge is 0.239 e. The number of aryl methyl sites for hydroxylation is 1. The topological polar surface area (TPSA) is 73.0 Å². The van der Waals surface area contributed by atoms with Gasteiger partial charge in [-0.15, -0.1) is 0 Å². The minimum absolute atomic E-state index is 0.0132. The second kappa shape index (κ2) is 5.79. The number of nitrogens with zero attached hydrogens (tertiary/aromatic N) is 2. The van der Waals surface area contributed by atoms with Crippen molar-refractivity contribution in [2.24, 2.45) is 0 Å². The van der Waals surface area contributed by atoms with E-state index >= 15 is 0 Å². The van der Waals surface area contributed by atoms with E-state index in [2.05, 4.69) is 25.7 Å². The SMILES string of the molecule is Cc1cn[nH]c1NC(=O)CN1CCCNCC1. The average molecular weight is 237 g/mol. The highest BCUT2D eigenvalue weighted by Crippen LogP contribution is 2.08. The number of anilines is 1. The fourth-order valence-corrected chi connectivity index (χ4v) is 1.91. The first kappa shape index (κ1) is 12.1. The van der Waals surface area contributed by atoms with Crippen LogP contribution in [-0.2, 0) is 4.79 Å². The maximum absolute atomic E-state index is 11.8. The zero-order chi connectivity index (χ0) is 12.1. The highest BCUT2D eigenvalue weighted by atomic mass is 16.2. The summed E-state index contributed by atoms with van der Waals surface area (Å²) in [5.74, 6) is 0.710. The van der Waals surface area contributed by atoms with Crippen molar-refractivity contribution in [2.75, 3.05) is 38.0 Å². The second-order valence-electron chi connectivity index (χ2n) is 4.36. The first-order valence-electron chi connectivity index (χ1n) is 5.98. The number of amides is 1. The standard InChI is InChI=1S/C11H19N5O/c1-9-7-13-15-11(9)14-10(17)8-16-5-2-3-12-4-6-16/h7,12H,2-6,8H2,1H3,(H2,13,14,15,17). The van der Waals surface area contributed by atoms with Crippen molar-refractivity contribution >= 4 is 11.7 Å². The number of H-pyrrole nitrogens is 1. The molecule has 1 aliphatic rings. The molecule has 0 spiro atoms. The summed E-state index contributed by atoms with van der Waals surface area (Å²) in [6, 6.07) is 0. The van der Waals surface area contributed by atoms with E-state index in [1.165, 1.54) is 0 Å². The van der Waals surface area contributed by atoms with Gasteiger partial charge in [0.25, 0.3) is 0 Å². The molecule has 1 fully saturated rings. The number of carbonyl (C=O) groups excluding carboxylic acids is 1. The summed E-state index contributed by atoms with van der Waals surface area (Å²) < 4.78 is 0. The molecule has 1 aromatic heterocycles. The number of rotatable bonds is 3. The summed E-state index contributed by atoms with van der Waals surface area (Å²) in [6.07, 6.45) is 2.79. The normalized spacial score (nSPS) is 17.7. The lowest BCUT2D eigenvalue weighted by atomic mass is 10.3. The maximum atomic E-state index is 11.8. The Morgan fingerprint density at radius 3 is 3.18 bits per heavy atom. The number of carbonyl (C=O) groups is 1. The van der Waals surface area contributed by atoms with Crippen LogP contribution in [0.15, 0.2) is 6.20 Å². The monoisotopic (exact) mass is 237 g/mol. The van der Waals surface area contributed by atoms with Crippen LogP contribution in [0.2, 0.25) is 0 Å². The van der Waals surface area contributed by atoms with Gasteiger partial charge in [-0.05, 0) is 26.4 Å². The largest absolute Gasteiger partial charge is 0.315 e. The highest BCUT2D eigenvalue weighted by molar-refractivity contribution is 5.91. The van der Waals surface area contributed by atoms with Gasteiger partial charge in [-0.3, -0.25) is 14.8 Å². The van der Waals surface area contributed by atoms with Gasteiger partial charge in [0.1, 0.15) is 5.82 Å². The summed E-state index contributed by atoms with van der Waals surface area (Å²) in [5.41, 5.74) is 0.955. The van der Waals surface area contributed by atoms with Crippen molar-refractivity contribution in [3.05, 3.63) is 11.8 Å². The van der Waals surface area contributed by atoms with Gasteiger partial charge in [-0.25, -0.2) is 0 Å². The molecule has 0 bridgehead atoms. The molecule has 0 aromatic carbocycles. The Kier molecular flexibility index (Phi) is 4.11.